The maximum Gasteiger partial charge on any atom is 0.250 e. The van der Waals surface area contributed by atoms with Crippen molar-refractivity contribution in [3.8, 4) is 0 Å². The van der Waals surface area contributed by atoms with Crippen LogP contribution in [0.3, 0.4) is 0 Å². The van der Waals surface area contributed by atoms with E-state index in [1.54, 1.807) is 0 Å². The van der Waals surface area contributed by atoms with Crippen LogP contribution in [0.4, 0.5) is 4.39 Å². The van der Waals surface area contributed by atoms with Gasteiger partial charge in [-0.05, 0) is 18.6 Å². The maximum atomic E-state index is 12.6. The number of nitrogens with zero attached hydrogens (tertiary/aromatic N) is 2. The number of carbonyl (C=O) groups is 1. The van der Waals surface area contributed by atoms with Crippen LogP contribution in [0.1, 0.15) is 19.0 Å². The molecule has 2 rings (SSSR count). The van der Waals surface area contributed by atoms with Gasteiger partial charge in [-0.15, -0.1) is 0 Å². The number of pyridine rings is 1. The van der Waals surface area contributed by atoms with Gasteiger partial charge in [-0.1, -0.05) is 6.92 Å². The molecule has 78 valence electrons. The summed E-state index contributed by atoms with van der Waals surface area (Å²) < 4.78 is 12.6. The smallest absolute Gasteiger partial charge is 0.250 e. The van der Waals surface area contributed by atoms with E-state index in [-0.39, 0.29) is 11.9 Å². The molecule has 0 aliphatic carbocycles. The Kier molecular flexibility index (Phi) is 2.45. The average molecular weight is 207 g/mol. The lowest BCUT2D eigenvalue weighted by Gasteiger charge is -1.98. The number of amides is 1. The van der Waals surface area contributed by atoms with E-state index in [0.717, 1.165) is 6.20 Å². The van der Waals surface area contributed by atoms with Gasteiger partial charge in [-0.3, -0.25) is 9.79 Å². The van der Waals surface area contributed by atoms with Gasteiger partial charge >= 0.3 is 0 Å². The Morgan fingerprint density at radius 3 is 2.87 bits per heavy atom. The topological polar surface area (TPSA) is 54.4 Å². The van der Waals surface area contributed by atoms with Crippen molar-refractivity contribution >= 4 is 11.7 Å². The van der Waals surface area contributed by atoms with E-state index in [9.17, 15) is 9.18 Å². The molecule has 2 heterocycles. The number of hydrogen-bond donors (Lipinski definition) is 1. The summed E-state index contributed by atoms with van der Waals surface area (Å²) in [5.41, 5.74) is 0.487. The van der Waals surface area contributed by atoms with Gasteiger partial charge in [0, 0.05) is 0 Å². The molecule has 4 nitrogen and oxygen atoms in total. The molecule has 15 heavy (non-hydrogen) atoms. The average Bonchev–Trinajstić information content (AvgIpc) is 2.61. The van der Waals surface area contributed by atoms with Crippen LogP contribution in [0.5, 0.6) is 0 Å². The van der Waals surface area contributed by atoms with E-state index < -0.39 is 5.82 Å². The van der Waals surface area contributed by atoms with Crippen LogP contribution in [0.2, 0.25) is 0 Å². The third kappa shape index (κ3) is 1.86. The zero-order valence-corrected chi connectivity index (χ0v) is 8.20. The Labute approximate surface area is 86.2 Å². The van der Waals surface area contributed by atoms with Crippen molar-refractivity contribution in [2.24, 2.45) is 4.99 Å². The molecule has 1 unspecified atom stereocenters. The molecule has 1 aromatic rings. The fourth-order valence-electron chi connectivity index (χ4n) is 1.37. The van der Waals surface area contributed by atoms with Crippen LogP contribution in [-0.2, 0) is 4.79 Å². The molecule has 0 fully saturated rings. The van der Waals surface area contributed by atoms with E-state index >= 15 is 0 Å². The van der Waals surface area contributed by atoms with Gasteiger partial charge in [0.25, 0.3) is 0 Å². The zero-order valence-electron chi connectivity index (χ0n) is 8.20. The second-order valence-electron chi connectivity index (χ2n) is 3.25. The number of nitrogens with one attached hydrogen (secondary N) is 1. The predicted molar refractivity (Wildman–Crippen MR) is 53.0 cm³/mol. The van der Waals surface area contributed by atoms with Crippen molar-refractivity contribution in [2.75, 3.05) is 0 Å². The Bertz CT molecular complexity index is 413. The van der Waals surface area contributed by atoms with Crippen molar-refractivity contribution in [1.29, 1.82) is 0 Å². The molecule has 0 bridgehead atoms. The Hall–Kier alpha value is -1.78. The lowest BCUT2D eigenvalue weighted by Crippen LogP contribution is -2.29. The monoisotopic (exact) mass is 207 g/mol. The molecule has 1 amide bonds. The summed E-state index contributed by atoms with van der Waals surface area (Å²) in [6.07, 6.45) is 1.75. The van der Waals surface area contributed by atoms with E-state index in [0.29, 0.717) is 18.0 Å². The summed E-state index contributed by atoms with van der Waals surface area (Å²) in [7, 11) is 0. The second-order valence-corrected chi connectivity index (χ2v) is 3.25. The number of amidine groups is 1. The molecule has 0 aromatic carbocycles. The highest BCUT2D eigenvalue weighted by Crippen LogP contribution is 2.09. The molecule has 1 aliphatic rings. The normalized spacial score (nSPS) is 20.0. The number of carbonyl (C=O) groups excluding carboxylic acids is 1. The van der Waals surface area contributed by atoms with Crippen molar-refractivity contribution in [2.45, 2.75) is 19.4 Å². The quantitative estimate of drug-likeness (QED) is 0.782. The molecule has 0 saturated carbocycles. The minimum absolute atomic E-state index is 0.126. The fourth-order valence-corrected chi connectivity index (χ4v) is 1.37. The number of rotatable bonds is 2. The fraction of sp³-hybridized carbons (Fsp3) is 0.300. The van der Waals surface area contributed by atoms with Crippen LogP contribution >= 0.6 is 0 Å². The molecule has 5 heteroatoms. The lowest BCUT2D eigenvalue weighted by atomic mass is 10.2. The van der Waals surface area contributed by atoms with E-state index in [4.69, 9.17) is 0 Å². The Morgan fingerprint density at radius 1 is 1.53 bits per heavy atom. The van der Waals surface area contributed by atoms with Crippen molar-refractivity contribution in [3.63, 3.8) is 0 Å². The Balaban J connectivity index is 2.26. The first-order valence-corrected chi connectivity index (χ1v) is 4.71. The van der Waals surface area contributed by atoms with Crippen LogP contribution < -0.4 is 5.32 Å². The predicted octanol–water partition coefficient (Wildman–Crippen LogP) is 0.876. The third-order valence-corrected chi connectivity index (χ3v) is 2.19. The summed E-state index contributed by atoms with van der Waals surface area (Å²) in [5.74, 6) is -0.110. The van der Waals surface area contributed by atoms with E-state index in [1.807, 2.05) is 6.92 Å². The molecule has 0 saturated heterocycles. The van der Waals surface area contributed by atoms with Gasteiger partial charge < -0.3 is 5.32 Å². The summed E-state index contributed by atoms with van der Waals surface area (Å²) in [4.78, 5) is 19.3. The van der Waals surface area contributed by atoms with Crippen LogP contribution in [0, 0.1) is 5.82 Å². The first kappa shape index (κ1) is 9.76. The lowest BCUT2D eigenvalue weighted by molar-refractivity contribution is -0.120. The molecule has 1 aliphatic heterocycles. The van der Waals surface area contributed by atoms with Crippen molar-refractivity contribution in [1.82, 2.24) is 10.3 Å². The summed E-state index contributed by atoms with van der Waals surface area (Å²) in [6.45, 7) is 1.88. The first-order chi connectivity index (χ1) is 7.20. The number of hydrogen-bond acceptors (Lipinski definition) is 3. The minimum Gasteiger partial charge on any atom is -0.307 e. The van der Waals surface area contributed by atoms with Gasteiger partial charge in [-0.2, -0.15) is 0 Å². The zero-order chi connectivity index (χ0) is 10.8. The number of aromatic nitrogens is 1. The molecule has 0 radical (unpaired) electrons. The van der Waals surface area contributed by atoms with E-state index in [1.165, 1.54) is 12.1 Å². The molecular weight excluding hydrogens is 197 g/mol. The van der Waals surface area contributed by atoms with Crippen LogP contribution in [0.25, 0.3) is 0 Å². The largest absolute Gasteiger partial charge is 0.307 e. The van der Waals surface area contributed by atoms with Crippen molar-refractivity contribution < 1.29 is 9.18 Å². The molecule has 1 N–H and O–H groups in total. The highest BCUT2D eigenvalue weighted by Gasteiger charge is 2.25. The van der Waals surface area contributed by atoms with Crippen LogP contribution in [-0.4, -0.2) is 22.8 Å². The van der Waals surface area contributed by atoms with Gasteiger partial charge in [0.1, 0.15) is 17.6 Å². The van der Waals surface area contributed by atoms with Gasteiger partial charge in [0.05, 0.1) is 6.20 Å². The summed E-state index contributed by atoms with van der Waals surface area (Å²) in [5, 5.41) is 2.62. The highest BCUT2D eigenvalue weighted by atomic mass is 19.1. The van der Waals surface area contributed by atoms with Crippen LogP contribution in [0.15, 0.2) is 23.3 Å². The maximum absolute atomic E-state index is 12.6. The second kappa shape index (κ2) is 3.76. The third-order valence-electron chi connectivity index (χ3n) is 2.19. The minimum atomic E-state index is -0.407. The molecular formula is C10H10FN3O. The number of aliphatic imine (C=N–C) groups is 1. The first-order valence-electron chi connectivity index (χ1n) is 4.71. The standard InChI is InChI=1S/C10H10FN3O/c1-2-7-10(15)14-9(13-7)8-4-3-6(11)5-12-8/h3-5,7H,2H2,1H3,(H,13,14,15). The molecule has 1 aromatic heterocycles. The van der Waals surface area contributed by atoms with E-state index in [2.05, 4.69) is 15.3 Å². The van der Waals surface area contributed by atoms with Gasteiger partial charge in [0.15, 0.2) is 5.84 Å². The summed E-state index contributed by atoms with van der Waals surface area (Å²) >= 11 is 0. The van der Waals surface area contributed by atoms with Gasteiger partial charge in [-0.25, -0.2) is 9.37 Å². The van der Waals surface area contributed by atoms with Gasteiger partial charge in [0.2, 0.25) is 5.91 Å². The molecule has 1 atom stereocenters. The van der Waals surface area contributed by atoms with Crippen molar-refractivity contribution in [3.05, 3.63) is 29.8 Å². The molecule has 0 spiro atoms. The SMILES string of the molecule is CCC1N=C(c2ccc(F)cn2)NC1=O. The highest BCUT2D eigenvalue weighted by molar-refractivity contribution is 6.12. The Morgan fingerprint density at radius 2 is 2.33 bits per heavy atom. The summed E-state index contributed by atoms with van der Waals surface area (Å²) in [6, 6.07) is 2.44. The number of halogens is 1.